The average molecular weight is 302 g/mol. The van der Waals surface area contributed by atoms with E-state index in [-0.39, 0.29) is 6.61 Å². The highest BCUT2D eigenvalue weighted by atomic mass is 35.5. The molecule has 4 nitrogen and oxygen atoms in total. The lowest BCUT2D eigenvalue weighted by Gasteiger charge is -2.14. The number of halogens is 1. The maximum atomic E-state index is 9.77. The second-order valence-corrected chi connectivity index (χ2v) is 5.48. The highest BCUT2D eigenvalue weighted by Gasteiger charge is 2.06. The fourth-order valence-corrected chi connectivity index (χ4v) is 1.73. The van der Waals surface area contributed by atoms with Gasteiger partial charge in [-0.05, 0) is 18.1 Å². The summed E-state index contributed by atoms with van der Waals surface area (Å²) < 4.78 is 10.9. The van der Waals surface area contributed by atoms with Crippen molar-refractivity contribution in [2.45, 2.75) is 20.0 Å². The quantitative estimate of drug-likeness (QED) is 0.651. The molecule has 114 valence electrons. The van der Waals surface area contributed by atoms with Crippen molar-refractivity contribution in [3.05, 3.63) is 29.3 Å². The molecule has 0 fully saturated rings. The number of nitrogens with one attached hydrogen (secondary N) is 1. The summed E-state index contributed by atoms with van der Waals surface area (Å²) >= 11 is 5.96. The van der Waals surface area contributed by atoms with Crippen molar-refractivity contribution in [3.8, 4) is 5.75 Å². The molecule has 0 saturated heterocycles. The number of hydrogen-bond donors (Lipinski definition) is 2. The first-order valence-corrected chi connectivity index (χ1v) is 7.31. The molecule has 1 rings (SSSR count). The second-order valence-electron chi connectivity index (χ2n) is 5.07. The number of aliphatic hydroxyl groups is 1. The maximum Gasteiger partial charge on any atom is 0.138 e. The molecule has 2 N–H and O–H groups in total. The summed E-state index contributed by atoms with van der Waals surface area (Å²) in [5, 5.41) is 13.4. The number of aliphatic hydroxyl groups excluding tert-OH is 1. The molecule has 0 radical (unpaired) electrons. The van der Waals surface area contributed by atoms with E-state index in [0.717, 1.165) is 13.2 Å². The highest BCUT2D eigenvalue weighted by molar-refractivity contribution is 6.32. The van der Waals surface area contributed by atoms with Crippen LogP contribution in [0.1, 0.15) is 13.8 Å². The normalized spacial score (nSPS) is 12.7. The molecule has 0 aliphatic heterocycles. The topological polar surface area (TPSA) is 50.7 Å². The van der Waals surface area contributed by atoms with Crippen LogP contribution in [0, 0.1) is 5.92 Å². The van der Waals surface area contributed by atoms with E-state index in [1.807, 2.05) is 12.1 Å². The third kappa shape index (κ3) is 7.70. The fourth-order valence-electron chi connectivity index (χ4n) is 1.54. The SMILES string of the molecule is CC(C)COCCNCC(O)COc1ccccc1Cl. The van der Waals surface area contributed by atoms with Gasteiger partial charge in [0, 0.05) is 19.7 Å². The molecule has 0 aliphatic carbocycles. The molecule has 1 aromatic carbocycles. The minimum absolute atomic E-state index is 0.212. The molecule has 5 heteroatoms. The largest absolute Gasteiger partial charge is 0.489 e. The van der Waals surface area contributed by atoms with Crippen molar-refractivity contribution in [3.63, 3.8) is 0 Å². The average Bonchev–Trinajstić information content (AvgIpc) is 2.41. The first-order chi connectivity index (χ1) is 9.59. The Kier molecular flexibility index (Phi) is 8.62. The van der Waals surface area contributed by atoms with Gasteiger partial charge in [0.1, 0.15) is 18.5 Å². The van der Waals surface area contributed by atoms with Gasteiger partial charge in [-0.2, -0.15) is 0 Å². The number of ether oxygens (including phenoxy) is 2. The molecule has 0 heterocycles. The Balaban J connectivity index is 2.06. The van der Waals surface area contributed by atoms with E-state index >= 15 is 0 Å². The van der Waals surface area contributed by atoms with E-state index in [2.05, 4.69) is 19.2 Å². The zero-order valence-electron chi connectivity index (χ0n) is 12.1. The molecule has 1 aromatic rings. The minimum Gasteiger partial charge on any atom is -0.489 e. The summed E-state index contributed by atoms with van der Waals surface area (Å²) in [7, 11) is 0. The van der Waals surface area contributed by atoms with Crippen molar-refractivity contribution in [2.75, 3.05) is 32.9 Å². The van der Waals surface area contributed by atoms with Crippen LogP contribution in [-0.2, 0) is 4.74 Å². The van der Waals surface area contributed by atoms with E-state index < -0.39 is 6.10 Å². The van der Waals surface area contributed by atoms with Gasteiger partial charge >= 0.3 is 0 Å². The van der Waals surface area contributed by atoms with Gasteiger partial charge < -0.3 is 19.9 Å². The first-order valence-electron chi connectivity index (χ1n) is 6.93. The first kappa shape index (κ1) is 17.2. The Bertz CT molecular complexity index is 374. The smallest absolute Gasteiger partial charge is 0.138 e. The van der Waals surface area contributed by atoms with Crippen LogP contribution in [0.25, 0.3) is 0 Å². The van der Waals surface area contributed by atoms with Crippen LogP contribution in [0.5, 0.6) is 5.75 Å². The molecule has 0 amide bonds. The third-order valence-electron chi connectivity index (χ3n) is 2.52. The van der Waals surface area contributed by atoms with Crippen LogP contribution in [0.4, 0.5) is 0 Å². The third-order valence-corrected chi connectivity index (χ3v) is 2.83. The van der Waals surface area contributed by atoms with E-state index in [0.29, 0.717) is 29.8 Å². The second kappa shape index (κ2) is 10.00. The Morgan fingerprint density at radius 2 is 2.00 bits per heavy atom. The van der Waals surface area contributed by atoms with Gasteiger partial charge in [0.05, 0.1) is 11.6 Å². The van der Waals surface area contributed by atoms with Crippen molar-refractivity contribution in [1.82, 2.24) is 5.32 Å². The van der Waals surface area contributed by atoms with Gasteiger partial charge in [-0.1, -0.05) is 37.6 Å². The number of hydrogen-bond acceptors (Lipinski definition) is 4. The van der Waals surface area contributed by atoms with Crippen LogP contribution in [-0.4, -0.2) is 44.1 Å². The number of para-hydroxylation sites is 1. The standard InChI is InChI=1S/C15H24ClNO3/c1-12(2)10-19-8-7-17-9-13(18)11-20-15-6-4-3-5-14(15)16/h3-6,12-13,17-18H,7-11H2,1-2H3. The van der Waals surface area contributed by atoms with Crippen molar-refractivity contribution in [2.24, 2.45) is 5.92 Å². The molecule has 0 saturated carbocycles. The predicted octanol–water partition coefficient (Wildman–Crippen LogP) is 2.34. The van der Waals surface area contributed by atoms with Gasteiger partial charge in [0.2, 0.25) is 0 Å². The lowest BCUT2D eigenvalue weighted by atomic mass is 10.2. The van der Waals surface area contributed by atoms with Crippen LogP contribution in [0.3, 0.4) is 0 Å². The number of benzene rings is 1. The summed E-state index contributed by atoms with van der Waals surface area (Å²) in [6.45, 7) is 7.04. The fraction of sp³-hybridized carbons (Fsp3) is 0.600. The van der Waals surface area contributed by atoms with Gasteiger partial charge in [0.15, 0.2) is 0 Å². The molecule has 1 atom stereocenters. The molecule has 0 aliphatic rings. The summed E-state index contributed by atoms with van der Waals surface area (Å²) in [6.07, 6.45) is -0.573. The predicted molar refractivity (Wildman–Crippen MR) is 81.5 cm³/mol. The lowest BCUT2D eigenvalue weighted by molar-refractivity contribution is 0.0925. The Morgan fingerprint density at radius 1 is 1.25 bits per heavy atom. The number of rotatable bonds is 10. The van der Waals surface area contributed by atoms with Crippen LogP contribution in [0.15, 0.2) is 24.3 Å². The van der Waals surface area contributed by atoms with E-state index in [1.165, 1.54) is 0 Å². The van der Waals surface area contributed by atoms with Crippen LogP contribution < -0.4 is 10.1 Å². The van der Waals surface area contributed by atoms with Gasteiger partial charge in [-0.15, -0.1) is 0 Å². The monoisotopic (exact) mass is 301 g/mol. The molecule has 0 spiro atoms. The zero-order chi connectivity index (χ0) is 14.8. The van der Waals surface area contributed by atoms with E-state index in [9.17, 15) is 5.11 Å². The van der Waals surface area contributed by atoms with Gasteiger partial charge in [-0.3, -0.25) is 0 Å². The van der Waals surface area contributed by atoms with E-state index in [4.69, 9.17) is 21.1 Å². The van der Waals surface area contributed by atoms with Gasteiger partial charge in [-0.25, -0.2) is 0 Å². The van der Waals surface area contributed by atoms with Gasteiger partial charge in [0.25, 0.3) is 0 Å². The zero-order valence-corrected chi connectivity index (χ0v) is 12.9. The molecule has 1 unspecified atom stereocenters. The minimum atomic E-state index is -0.573. The molecule has 0 aromatic heterocycles. The summed E-state index contributed by atoms with van der Waals surface area (Å²) in [5.41, 5.74) is 0. The van der Waals surface area contributed by atoms with Crippen molar-refractivity contribution >= 4 is 11.6 Å². The summed E-state index contributed by atoms with van der Waals surface area (Å²) in [5.74, 6) is 1.14. The van der Waals surface area contributed by atoms with Crippen molar-refractivity contribution < 1.29 is 14.6 Å². The van der Waals surface area contributed by atoms with E-state index in [1.54, 1.807) is 12.1 Å². The Labute approximate surface area is 126 Å². The highest BCUT2D eigenvalue weighted by Crippen LogP contribution is 2.22. The maximum absolute atomic E-state index is 9.77. The lowest BCUT2D eigenvalue weighted by Crippen LogP contribution is -2.33. The van der Waals surface area contributed by atoms with Crippen LogP contribution in [0.2, 0.25) is 5.02 Å². The Morgan fingerprint density at radius 3 is 2.70 bits per heavy atom. The molecular formula is C15H24ClNO3. The molecular weight excluding hydrogens is 278 g/mol. The van der Waals surface area contributed by atoms with Crippen LogP contribution >= 0.6 is 11.6 Å². The summed E-state index contributed by atoms with van der Waals surface area (Å²) in [4.78, 5) is 0. The van der Waals surface area contributed by atoms with Crippen molar-refractivity contribution in [1.29, 1.82) is 0 Å². The molecule has 20 heavy (non-hydrogen) atoms. The summed E-state index contributed by atoms with van der Waals surface area (Å²) in [6, 6.07) is 7.22. The molecule has 0 bridgehead atoms. The Hall–Kier alpha value is -0.810.